The molecule has 7 heteroatoms. The number of carbonyl (C=O) groups excluding carboxylic acids is 1. The van der Waals surface area contributed by atoms with Crippen LogP contribution in [0.1, 0.15) is 32.0 Å². The normalized spacial score (nSPS) is 12.9. The van der Waals surface area contributed by atoms with Crippen LogP contribution in [0.15, 0.2) is 18.3 Å². The van der Waals surface area contributed by atoms with Gasteiger partial charge in [0.1, 0.15) is 6.61 Å². The van der Waals surface area contributed by atoms with Gasteiger partial charge in [-0.3, -0.25) is 4.98 Å². The van der Waals surface area contributed by atoms with Crippen LogP contribution < -0.4 is 11.5 Å². The molecular formula is C16H27N3O4. The van der Waals surface area contributed by atoms with E-state index in [4.69, 9.17) is 25.7 Å². The van der Waals surface area contributed by atoms with Crippen molar-refractivity contribution >= 4 is 6.09 Å². The van der Waals surface area contributed by atoms with Crippen LogP contribution in [-0.2, 0) is 27.4 Å². The van der Waals surface area contributed by atoms with E-state index in [0.29, 0.717) is 26.4 Å². The molecule has 23 heavy (non-hydrogen) atoms. The summed E-state index contributed by atoms with van der Waals surface area (Å²) in [6, 6.07) is 3.82. The van der Waals surface area contributed by atoms with E-state index >= 15 is 0 Å². The molecule has 0 aliphatic carbocycles. The van der Waals surface area contributed by atoms with Gasteiger partial charge < -0.3 is 25.7 Å². The predicted molar refractivity (Wildman–Crippen MR) is 86.5 cm³/mol. The first-order chi connectivity index (χ1) is 10.8. The Morgan fingerprint density at radius 3 is 2.57 bits per heavy atom. The van der Waals surface area contributed by atoms with Crippen molar-refractivity contribution in [2.75, 3.05) is 19.8 Å². The molecule has 1 aromatic heterocycles. The SMILES string of the molecule is CC(C)(C)C(COC(N)=O)OCc1ccc(COCCN)nc1. The van der Waals surface area contributed by atoms with E-state index < -0.39 is 6.09 Å². The first-order valence-corrected chi connectivity index (χ1v) is 7.58. The summed E-state index contributed by atoms with van der Waals surface area (Å²) in [5, 5.41) is 0. The Bertz CT molecular complexity index is 471. The van der Waals surface area contributed by atoms with Crippen LogP contribution in [0.25, 0.3) is 0 Å². The smallest absolute Gasteiger partial charge is 0.404 e. The number of nitrogens with two attached hydrogens (primary N) is 2. The monoisotopic (exact) mass is 325 g/mol. The molecule has 0 saturated heterocycles. The van der Waals surface area contributed by atoms with Gasteiger partial charge in [0, 0.05) is 12.7 Å². The fraction of sp³-hybridized carbons (Fsp3) is 0.625. The van der Waals surface area contributed by atoms with Gasteiger partial charge in [-0.2, -0.15) is 0 Å². The summed E-state index contributed by atoms with van der Waals surface area (Å²) in [5.41, 5.74) is 12.0. The van der Waals surface area contributed by atoms with Crippen molar-refractivity contribution in [3.05, 3.63) is 29.6 Å². The third-order valence-corrected chi connectivity index (χ3v) is 3.19. The average molecular weight is 325 g/mol. The summed E-state index contributed by atoms with van der Waals surface area (Å²) in [7, 11) is 0. The number of pyridine rings is 1. The number of aromatic nitrogens is 1. The number of hydrogen-bond acceptors (Lipinski definition) is 6. The number of carbonyl (C=O) groups is 1. The predicted octanol–water partition coefficient (Wildman–Crippen LogP) is 1.58. The number of ether oxygens (including phenoxy) is 3. The highest BCUT2D eigenvalue weighted by Crippen LogP contribution is 2.23. The molecule has 4 N–H and O–H groups in total. The minimum absolute atomic E-state index is 0.122. The minimum atomic E-state index is -0.800. The molecule has 0 saturated carbocycles. The lowest BCUT2D eigenvalue weighted by molar-refractivity contribution is -0.0602. The largest absolute Gasteiger partial charge is 0.447 e. The van der Waals surface area contributed by atoms with Crippen molar-refractivity contribution in [2.45, 2.75) is 40.1 Å². The topological polar surface area (TPSA) is 110 Å². The van der Waals surface area contributed by atoms with E-state index in [2.05, 4.69) is 4.98 Å². The highest BCUT2D eigenvalue weighted by atomic mass is 16.6. The van der Waals surface area contributed by atoms with Gasteiger partial charge in [-0.25, -0.2) is 4.79 Å². The van der Waals surface area contributed by atoms with Gasteiger partial charge in [-0.05, 0) is 17.0 Å². The van der Waals surface area contributed by atoms with E-state index in [1.807, 2.05) is 32.9 Å². The molecule has 1 aromatic rings. The van der Waals surface area contributed by atoms with Crippen LogP contribution in [0.5, 0.6) is 0 Å². The average Bonchev–Trinajstić information content (AvgIpc) is 2.47. The molecule has 0 bridgehead atoms. The third-order valence-electron chi connectivity index (χ3n) is 3.19. The molecule has 1 atom stereocenters. The zero-order valence-corrected chi connectivity index (χ0v) is 14.1. The summed E-state index contributed by atoms with van der Waals surface area (Å²) < 4.78 is 16.1. The summed E-state index contributed by atoms with van der Waals surface area (Å²) in [5.74, 6) is 0. The van der Waals surface area contributed by atoms with Gasteiger partial charge in [0.2, 0.25) is 0 Å². The van der Waals surface area contributed by atoms with E-state index in [1.165, 1.54) is 0 Å². The lowest BCUT2D eigenvalue weighted by Gasteiger charge is -2.30. The highest BCUT2D eigenvalue weighted by molar-refractivity contribution is 5.64. The van der Waals surface area contributed by atoms with Crippen molar-refractivity contribution in [2.24, 2.45) is 16.9 Å². The van der Waals surface area contributed by atoms with Crippen molar-refractivity contribution in [3.63, 3.8) is 0 Å². The molecule has 0 radical (unpaired) electrons. The molecule has 1 amide bonds. The second-order valence-electron chi connectivity index (χ2n) is 6.29. The minimum Gasteiger partial charge on any atom is -0.447 e. The third kappa shape index (κ3) is 7.92. The Morgan fingerprint density at radius 1 is 1.30 bits per heavy atom. The van der Waals surface area contributed by atoms with E-state index in [9.17, 15) is 4.79 Å². The Labute approximate surface area is 137 Å². The number of rotatable bonds is 9. The fourth-order valence-corrected chi connectivity index (χ4v) is 1.79. The molecule has 0 aliphatic rings. The lowest BCUT2D eigenvalue weighted by Crippen LogP contribution is -2.35. The van der Waals surface area contributed by atoms with Gasteiger partial charge >= 0.3 is 6.09 Å². The first kappa shape index (κ1) is 19.3. The van der Waals surface area contributed by atoms with Crippen molar-refractivity contribution in [1.29, 1.82) is 0 Å². The molecule has 0 spiro atoms. The van der Waals surface area contributed by atoms with Gasteiger partial charge in [0.15, 0.2) is 0 Å². The Balaban J connectivity index is 2.51. The van der Waals surface area contributed by atoms with Crippen LogP contribution in [0.2, 0.25) is 0 Å². The maximum Gasteiger partial charge on any atom is 0.404 e. The highest BCUT2D eigenvalue weighted by Gasteiger charge is 2.26. The van der Waals surface area contributed by atoms with Crippen molar-refractivity contribution < 1.29 is 19.0 Å². The Hall–Kier alpha value is -1.70. The Morgan fingerprint density at radius 2 is 2.04 bits per heavy atom. The lowest BCUT2D eigenvalue weighted by atomic mass is 9.89. The summed E-state index contributed by atoms with van der Waals surface area (Å²) in [6.45, 7) is 7.98. The van der Waals surface area contributed by atoms with Crippen molar-refractivity contribution in [3.8, 4) is 0 Å². The van der Waals surface area contributed by atoms with Gasteiger partial charge in [0.25, 0.3) is 0 Å². The molecule has 0 fully saturated rings. The van der Waals surface area contributed by atoms with Crippen LogP contribution >= 0.6 is 0 Å². The van der Waals surface area contributed by atoms with Crippen LogP contribution in [0, 0.1) is 5.41 Å². The molecule has 7 nitrogen and oxygen atoms in total. The second kappa shape index (κ2) is 9.44. The zero-order valence-electron chi connectivity index (χ0n) is 14.1. The van der Waals surface area contributed by atoms with Crippen LogP contribution in [0.3, 0.4) is 0 Å². The maximum absolute atomic E-state index is 10.8. The number of hydrogen-bond donors (Lipinski definition) is 2. The van der Waals surface area contributed by atoms with E-state index in [1.54, 1.807) is 6.20 Å². The van der Waals surface area contributed by atoms with E-state index in [0.717, 1.165) is 11.3 Å². The molecule has 1 unspecified atom stereocenters. The van der Waals surface area contributed by atoms with Crippen molar-refractivity contribution in [1.82, 2.24) is 4.98 Å². The zero-order chi connectivity index (χ0) is 17.3. The first-order valence-electron chi connectivity index (χ1n) is 7.58. The maximum atomic E-state index is 10.8. The quantitative estimate of drug-likeness (QED) is 0.667. The second-order valence-corrected chi connectivity index (χ2v) is 6.29. The molecule has 1 heterocycles. The molecule has 0 aromatic carbocycles. The summed E-state index contributed by atoms with van der Waals surface area (Å²) in [6.07, 6.45) is 0.685. The molecule has 130 valence electrons. The summed E-state index contributed by atoms with van der Waals surface area (Å²) in [4.78, 5) is 15.1. The number of nitrogens with zero attached hydrogens (tertiary/aromatic N) is 1. The van der Waals surface area contributed by atoms with E-state index in [-0.39, 0.29) is 18.1 Å². The molecule has 0 aliphatic heterocycles. The molecular weight excluding hydrogens is 298 g/mol. The molecule has 1 rings (SSSR count). The van der Waals surface area contributed by atoms with Crippen LogP contribution in [0.4, 0.5) is 4.79 Å². The van der Waals surface area contributed by atoms with Gasteiger partial charge in [-0.1, -0.05) is 26.8 Å². The Kier molecular flexibility index (Phi) is 7.94. The summed E-state index contributed by atoms with van der Waals surface area (Å²) >= 11 is 0. The number of primary amides is 1. The van der Waals surface area contributed by atoms with Crippen LogP contribution in [-0.4, -0.2) is 36.9 Å². The van der Waals surface area contributed by atoms with Gasteiger partial charge in [0.05, 0.1) is 31.6 Å². The fourth-order valence-electron chi connectivity index (χ4n) is 1.79. The van der Waals surface area contributed by atoms with Gasteiger partial charge in [-0.15, -0.1) is 0 Å². The number of amides is 1. The standard InChI is InChI=1S/C16H27N3O4/c1-16(2,3)14(11-23-15(18)20)22-9-12-4-5-13(19-8-12)10-21-7-6-17/h4-5,8,14H,6-7,9-11,17H2,1-3H3,(H2,18,20).